The fourth-order valence-electron chi connectivity index (χ4n) is 2.45. The van der Waals surface area contributed by atoms with Crippen LogP contribution in [0.5, 0.6) is 0 Å². The largest absolute Gasteiger partial charge is 0.298 e. The summed E-state index contributed by atoms with van der Waals surface area (Å²) in [5.41, 5.74) is 4.68. The molecule has 1 heterocycles. The van der Waals surface area contributed by atoms with Crippen molar-refractivity contribution in [1.29, 1.82) is 0 Å². The summed E-state index contributed by atoms with van der Waals surface area (Å²) in [4.78, 5) is 26.7. The maximum Gasteiger partial charge on any atom is 0.298 e. The number of carbonyl (C=O) groups is 2. The summed E-state index contributed by atoms with van der Waals surface area (Å²) in [6.45, 7) is 5.87. The fraction of sp³-hybridized carbons (Fsp3) is 0.158. The highest BCUT2D eigenvalue weighted by Crippen LogP contribution is 2.37. The Labute approximate surface area is 140 Å². The maximum absolute atomic E-state index is 12.7. The van der Waals surface area contributed by atoms with E-state index >= 15 is 0 Å². The zero-order valence-corrected chi connectivity index (χ0v) is 14.1. The molecule has 0 spiro atoms. The Morgan fingerprint density at radius 2 is 1.57 bits per heavy atom. The van der Waals surface area contributed by atoms with Crippen molar-refractivity contribution < 1.29 is 9.59 Å². The molecule has 0 unspecified atom stereocenters. The van der Waals surface area contributed by atoms with E-state index in [9.17, 15) is 9.59 Å². The Morgan fingerprint density at radius 1 is 0.913 bits per heavy atom. The molecule has 0 saturated carbocycles. The second-order valence-electron chi connectivity index (χ2n) is 5.72. The molecule has 2 amide bonds. The van der Waals surface area contributed by atoms with E-state index in [-0.39, 0.29) is 11.1 Å². The summed E-state index contributed by atoms with van der Waals surface area (Å²) >= 11 is 0.989. The number of carbonyl (C=O) groups excluding carboxylic acids is 2. The number of nitrogens with zero attached hydrogens (tertiary/aromatic N) is 1. The van der Waals surface area contributed by atoms with Crippen molar-refractivity contribution in [2.75, 3.05) is 4.90 Å². The molecule has 4 heteroatoms. The third-order valence-electron chi connectivity index (χ3n) is 3.77. The van der Waals surface area contributed by atoms with Crippen LogP contribution >= 0.6 is 11.8 Å². The van der Waals surface area contributed by atoms with Gasteiger partial charge in [0.15, 0.2) is 0 Å². The number of hydrogen-bond donors (Lipinski definition) is 0. The van der Waals surface area contributed by atoms with Crippen LogP contribution < -0.4 is 4.90 Å². The topological polar surface area (TPSA) is 37.4 Å². The van der Waals surface area contributed by atoms with Crippen molar-refractivity contribution in [2.45, 2.75) is 20.8 Å². The van der Waals surface area contributed by atoms with Gasteiger partial charge < -0.3 is 0 Å². The van der Waals surface area contributed by atoms with E-state index in [2.05, 4.69) is 0 Å². The van der Waals surface area contributed by atoms with Gasteiger partial charge in [0.05, 0.1) is 10.6 Å². The first kappa shape index (κ1) is 15.6. The highest BCUT2D eigenvalue weighted by Gasteiger charge is 2.36. The zero-order chi connectivity index (χ0) is 16.6. The van der Waals surface area contributed by atoms with Crippen molar-refractivity contribution in [3.8, 4) is 0 Å². The molecule has 0 bridgehead atoms. The van der Waals surface area contributed by atoms with Gasteiger partial charge >= 0.3 is 0 Å². The van der Waals surface area contributed by atoms with Gasteiger partial charge in [-0.25, -0.2) is 4.90 Å². The van der Waals surface area contributed by atoms with Crippen molar-refractivity contribution in [3.05, 3.63) is 69.6 Å². The second kappa shape index (κ2) is 6.05. The van der Waals surface area contributed by atoms with Gasteiger partial charge in [-0.2, -0.15) is 0 Å². The molecule has 0 aliphatic carbocycles. The van der Waals surface area contributed by atoms with Crippen LogP contribution in [0.3, 0.4) is 0 Å². The van der Waals surface area contributed by atoms with Crippen molar-refractivity contribution >= 4 is 34.7 Å². The maximum atomic E-state index is 12.7. The summed E-state index contributed by atoms with van der Waals surface area (Å²) in [5, 5.41) is -0.248. The number of aryl methyl sites for hydroxylation is 3. The van der Waals surface area contributed by atoms with Gasteiger partial charge in [-0.05, 0) is 61.4 Å². The lowest BCUT2D eigenvalue weighted by atomic mass is 10.1. The van der Waals surface area contributed by atoms with Gasteiger partial charge in [-0.15, -0.1) is 0 Å². The lowest BCUT2D eigenvalue weighted by Crippen LogP contribution is -2.28. The van der Waals surface area contributed by atoms with Crippen LogP contribution in [0.25, 0.3) is 6.08 Å². The molecule has 0 N–H and O–H groups in total. The smallest absolute Gasteiger partial charge is 0.268 e. The summed E-state index contributed by atoms with van der Waals surface area (Å²) < 4.78 is 0. The fourth-order valence-corrected chi connectivity index (χ4v) is 3.28. The van der Waals surface area contributed by atoms with E-state index in [1.807, 2.05) is 63.2 Å². The summed E-state index contributed by atoms with van der Waals surface area (Å²) in [5.74, 6) is -0.255. The number of imide groups is 1. The summed E-state index contributed by atoms with van der Waals surface area (Å²) in [6, 6.07) is 13.6. The third kappa shape index (κ3) is 3.08. The second-order valence-corrected chi connectivity index (χ2v) is 6.71. The van der Waals surface area contributed by atoms with E-state index in [0.29, 0.717) is 10.6 Å². The van der Waals surface area contributed by atoms with Crippen LogP contribution in [-0.4, -0.2) is 11.1 Å². The molecule has 2 aromatic carbocycles. The number of hydrogen-bond acceptors (Lipinski definition) is 3. The first-order valence-electron chi connectivity index (χ1n) is 7.37. The Morgan fingerprint density at radius 3 is 2.26 bits per heavy atom. The molecule has 1 aliphatic heterocycles. The predicted molar refractivity (Wildman–Crippen MR) is 95.5 cm³/mol. The van der Waals surface area contributed by atoms with Gasteiger partial charge in [0.1, 0.15) is 0 Å². The van der Waals surface area contributed by atoms with Crippen molar-refractivity contribution in [2.24, 2.45) is 0 Å². The Balaban J connectivity index is 1.97. The Kier molecular flexibility index (Phi) is 4.09. The minimum Gasteiger partial charge on any atom is -0.268 e. The number of rotatable bonds is 2. The van der Waals surface area contributed by atoms with Crippen LogP contribution in [0.2, 0.25) is 0 Å². The number of thioether (sulfide) groups is 1. The van der Waals surface area contributed by atoms with Crippen molar-refractivity contribution in [3.63, 3.8) is 0 Å². The predicted octanol–water partition coefficient (Wildman–Crippen LogP) is 4.85. The molecule has 116 valence electrons. The molecule has 3 rings (SSSR count). The highest BCUT2D eigenvalue weighted by atomic mass is 32.2. The molecule has 1 saturated heterocycles. The summed E-state index contributed by atoms with van der Waals surface area (Å²) in [7, 11) is 0. The normalized spacial score (nSPS) is 16.5. The van der Waals surface area contributed by atoms with Crippen LogP contribution in [0.15, 0.2) is 47.4 Å². The van der Waals surface area contributed by atoms with Crippen LogP contribution in [0, 0.1) is 20.8 Å². The first-order valence-corrected chi connectivity index (χ1v) is 8.19. The quantitative estimate of drug-likeness (QED) is 0.741. The third-order valence-corrected chi connectivity index (χ3v) is 4.64. The van der Waals surface area contributed by atoms with Crippen LogP contribution in [0.1, 0.15) is 22.3 Å². The van der Waals surface area contributed by atoms with E-state index in [1.165, 1.54) is 4.90 Å². The SMILES string of the molecule is Cc1ccc(/C=C2\SC(=O)N(c3cc(C)ccc3C)C2=O)cc1. The number of benzene rings is 2. The molecule has 0 atom stereocenters. The van der Waals surface area contributed by atoms with Crippen LogP contribution in [-0.2, 0) is 4.79 Å². The zero-order valence-electron chi connectivity index (χ0n) is 13.3. The van der Waals surface area contributed by atoms with Crippen molar-refractivity contribution in [1.82, 2.24) is 0 Å². The lowest BCUT2D eigenvalue weighted by Gasteiger charge is -2.16. The first-order chi connectivity index (χ1) is 11.0. The van der Waals surface area contributed by atoms with Crippen LogP contribution in [0.4, 0.5) is 10.5 Å². The van der Waals surface area contributed by atoms with E-state index in [0.717, 1.165) is 34.0 Å². The molecular formula is C19H17NO2S. The monoisotopic (exact) mass is 323 g/mol. The Bertz CT molecular complexity index is 822. The Hall–Kier alpha value is -2.33. The molecule has 0 radical (unpaired) electrons. The van der Waals surface area contributed by atoms with E-state index in [1.54, 1.807) is 6.08 Å². The molecule has 2 aromatic rings. The minimum atomic E-state index is -0.255. The molecule has 23 heavy (non-hydrogen) atoms. The average Bonchev–Trinajstić information content (AvgIpc) is 2.78. The minimum absolute atomic E-state index is 0.248. The average molecular weight is 323 g/mol. The molecule has 0 aromatic heterocycles. The van der Waals surface area contributed by atoms with Gasteiger partial charge in [0.25, 0.3) is 11.1 Å². The standard InChI is InChI=1S/C19H17NO2S/c1-12-5-8-15(9-6-12)11-17-18(21)20(19(22)23-17)16-10-13(2)4-7-14(16)3/h4-11H,1-3H3/b17-11-. The molecular weight excluding hydrogens is 306 g/mol. The molecule has 1 aliphatic rings. The molecule has 1 fully saturated rings. The van der Waals surface area contributed by atoms with Gasteiger partial charge in [0, 0.05) is 0 Å². The van der Waals surface area contributed by atoms with Gasteiger partial charge in [0.2, 0.25) is 0 Å². The van der Waals surface area contributed by atoms with Gasteiger partial charge in [-0.1, -0.05) is 42.0 Å². The summed E-state index contributed by atoms with van der Waals surface area (Å²) in [6.07, 6.45) is 1.77. The number of amides is 2. The van der Waals surface area contributed by atoms with Gasteiger partial charge in [-0.3, -0.25) is 9.59 Å². The van der Waals surface area contributed by atoms with E-state index in [4.69, 9.17) is 0 Å². The molecule has 3 nitrogen and oxygen atoms in total. The van der Waals surface area contributed by atoms with E-state index < -0.39 is 0 Å². The lowest BCUT2D eigenvalue weighted by molar-refractivity contribution is -0.113. The highest BCUT2D eigenvalue weighted by molar-refractivity contribution is 8.19. The number of anilines is 1.